The Balaban J connectivity index is 2.50. The van der Waals surface area contributed by atoms with Gasteiger partial charge in [-0.1, -0.05) is 35.3 Å². The van der Waals surface area contributed by atoms with Crippen LogP contribution in [-0.2, 0) is 14.3 Å². The second-order valence-electron chi connectivity index (χ2n) is 4.39. The van der Waals surface area contributed by atoms with Gasteiger partial charge in [0, 0.05) is 21.2 Å². The highest BCUT2D eigenvalue weighted by Gasteiger charge is 2.49. The monoisotopic (exact) mass is 372 g/mol. The Kier molecular flexibility index (Phi) is 4.79. The van der Waals surface area contributed by atoms with Gasteiger partial charge >= 0.3 is 15.6 Å². The first kappa shape index (κ1) is 17.2. The molecule has 2 rings (SSSR count). The molecule has 3 nitrogen and oxygen atoms in total. The van der Waals surface area contributed by atoms with Crippen molar-refractivity contribution in [3.05, 3.63) is 51.7 Å². The molecule has 0 heterocycles. The summed E-state index contributed by atoms with van der Waals surface area (Å²) in [7, 11) is -5.74. The Bertz CT molecular complexity index is 752. The summed E-state index contributed by atoms with van der Waals surface area (Å²) >= 11 is 11.8. The zero-order valence-electron chi connectivity index (χ0n) is 10.8. The van der Waals surface area contributed by atoms with Crippen LogP contribution >= 0.6 is 23.2 Å². The van der Waals surface area contributed by atoms with Gasteiger partial charge in [-0.2, -0.15) is 21.6 Å². The van der Waals surface area contributed by atoms with E-state index >= 15 is 0 Å². The zero-order chi connectivity index (χ0) is 16.5. The van der Waals surface area contributed by atoms with Crippen molar-refractivity contribution in [3.8, 4) is 0 Å². The van der Waals surface area contributed by atoms with Crippen molar-refractivity contribution in [1.29, 1.82) is 0 Å². The zero-order valence-corrected chi connectivity index (χ0v) is 13.2. The smallest absolute Gasteiger partial charge is 0.376 e. The summed E-state index contributed by atoms with van der Waals surface area (Å²) in [6, 6.07) is 4.42. The predicted molar refractivity (Wildman–Crippen MR) is 77.8 cm³/mol. The standard InChI is InChI=1S/C13H9Cl2F3O3S/c14-8-5-6-9(11(15)7-8)10-3-1-2-4-12(10)21-22(19,20)13(16,17)18/h2,4-7H,1,3H2. The van der Waals surface area contributed by atoms with Crippen LogP contribution in [0.5, 0.6) is 0 Å². The van der Waals surface area contributed by atoms with Gasteiger partial charge in [-0.25, -0.2) is 0 Å². The normalized spacial score (nSPS) is 16.0. The maximum Gasteiger partial charge on any atom is 0.534 e. The molecular weight excluding hydrogens is 364 g/mol. The van der Waals surface area contributed by atoms with Crippen molar-refractivity contribution in [3.63, 3.8) is 0 Å². The Hall–Kier alpha value is -1.18. The van der Waals surface area contributed by atoms with Crippen molar-refractivity contribution in [2.45, 2.75) is 18.3 Å². The molecule has 0 atom stereocenters. The third kappa shape index (κ3) is 3.59. The number of hydrogen-bond acceptors (Lipinski definition) is 3. The van der Waals surface area contributed by atoms with E-state index in [9.17, 15) is 21.6 Å². The highest BCUT2D eigenvalue weighted by Crippen LogP contribution is 2.37. The minimum absolute atomic E-state index is 0.198. The number of rotatable bonds is 3. The van der Waals surface area contributed by atoms with Crippen LogP contribution in [-0.4, -0.2) is 13.9 Å². The van der Waals surface area contributed by atoms with Crippen molar-refractivity contribution in [2.24, 2.45) is 0 Å². The molecule has 0 aromatic heterocycles. The molecule has 0 N–H and O–H groups in total. The first-order chi connectivity index (χ1) is 10.1. The van der Waals surface area contributed by atoms with Gasteiger partial charge in [-0.15, -0.1) is 0 Å². The molecule has 0 saturated heterocycles. The summed E-state index contributed by atoms with van der Waals surface area (Å²) in [5.41, 5.74) is -4.85. The van der Waals surface area contributed by atoms with Crippen molar-refractivity contribution in [1.82, 2.24) is 0 Å². The number of halogens is 5. The lowest BCUT2D eigenvalue weighted by molar-refractivity contribution is -0.0519. The van der Waals surface area contributed by atoms with E-state index < -0.39 is 21.4 Å². The van der Waals surface area contributed by atoms with Gasteiger partial charge in [0.05, 0.1) is 0 Å². The largest absolute Gasteiger partial charge is 0.534 e. The van der Waals surface area contributed by atoms with E-state index in [0.717, 1.165) is 0 Å². The molecular formula is C13H9Cl2F3O3S. The molecule has 9 heteroatoms. The Labute approximate surface area is 135 Å². The van der Waals surface area contributed by atoms with Crippen LogP contribution in [0.4, 0.5) is 13.2 Å². The highest BCUT2D eigenvalue weighted by molar-refractivity contribution is 7.87. The SMILES string of the molecule is O=S(=O)(OC1=C(c2ccc(Cl)cc2Cl)CCC=C1)C(F)(F)F. The molecule has 1 aliphatic rings. The lowest BCUT2D eigenvalue weighted by Gasteiger charge is -2.18. The molecule has 120 valence electrons. The van der Waals surface area contributed by atoms with Gasteiger partial charge < -0.3 is 4.18 Å². The summed E-state index contributed by atoms with van der Waals surface area (Å²) in [5, 5.41) is 0.550. The van der Waals surface area contributed by atoms with E-state index in [0.29, 0.717) is 23.4 Å². The lowest BCUT2D eigenvalue weighted by Crippen LogP contribution is -2.25. The molecule has 22 heavy (non-hydrogen) atoms. The molecule has 1 aromatic rings. The molecule has 0 unspecified atom stereocenters. The van der Waals surface area contributed by atoms with Gasteiger partial charge in [-0.05, 0) is 31.1 Å². The average Bonchev–Trinajstić information content (AvgIpc) is 2.38. The Morgan fingerprint density at radius 1 is 1.18 bits per heavy atom. The first-order valence-corrected chi connectivity index (χ1v) is 8.14. The third-order valence-corrected chi connectivity index (χ3v) is 4.38. The summed E-state index contributed by atoms with van der Waals surface area (Å²) in [6.07, 6.45) is 3.52. The summed E-state index contributed by atoms with van der Waals surface area (Å²) < 4.78 is 63.9. The second-order valence-corrected chi connectivity index (χ2v) is 6.77. The minimum atomic E-state index is -5.74. The Morgan fingerprint density at radius 2 is 1.86 bits per heavy atom. The van der Waals surface area contributed by atoms with E-state index in [4.69, 9.17) is 23.2 Å². The number of alkyl halides is 3. The molecule has 0 aliphatic heterocycles. The maximum absolute atomic E-state index is 12.4. The van der Waals surface area contributed by atoms with E-state index in [2.05, 4.69) is 4.18 Å². The Morgan fingerprint density at radius 3 is 2.45 bits per heavy atom. The molecule has 1 aliphatic carbocycles. The molecule has 0 saturated carbocycles. The van der Waals surface area contributed by atoms with Gasteiger partial charge in [-0.3, -0.25) is 0 Å². The summed E-state index contributed by atoms with van der Waals surface area (Å²) in [4.78, 5) is 0. The fraction of sp³-hybridized carbons (Fsp3) is 0.231. The third-order valence-electron chi connectivity index (χ3n) is 2.87. The quantitative estimate of drug-likeness (QED) is 0.558. The summed E-state index contributed by atoms with van der Waals surface area (Å²) in [6.45, 7) is 0. The average molecular weight is 373 g/mol. The molecule has 0 radical (unpaired) electrons. The van der Waals surface area contributed by atoms with Crippen LogP contribution in [0.1, 0.15) is 18.4 Å². The number of benzene rings is 1. The van der Waals surface area contributed by atoms with Crippen LogP contribution in [0, 0.1) is 0 Å². The predicted octanol–water partition coefficient (Wildman–Crippen LogP) is 4.92. The lowest BCUT2D eigenvalue weighted by atomic mass is 9.96. The van der Waals surface area contributed by atoms with E-state index in [1.165, 1.54) is 30.4 Å². The summed E-state index contributed by atoms with van der Waals surface area (Å²) in [5.74, 6) is -0.396. The fourth-order valence-corrected chi connectivity index (χ4v) is 2.90. The molecule has 0 bridgehead atoms. The van der Waals surface area contributed by atoms with E-state index in [-0.39, 0.29) is 10.6 Å². The number of hydrogen-bond donors (Lipinski definition) is 0. The minimum Gasteiger partial charge on any atom is -0.376 e. The van der Waals surface area contributed by atoms with E-state index in [1.54, 1.807) is 0 Å². The molecule has 0 fully saturated rings. The van der Waals surface area contributed by atoms with Crippen molar-refractivity contribution >= 4 is 38.9 Å². The van der Waals surface area contributed by atoms with Crippen LogP contribution in [0.3, 0.4) is 0 Å². The van der Waals surface area contributed by atoms with Crippen molar-refractivity contribution in [2.75, 3.05) is 0 Å². The molecule has 0 amide bonds. The molecule has 0 spiro atoms. The number of allylic oxidation sites excluding steroid dienone is 3. The van der Waals surface area contributed by atoms with E-state index in [1.807, 2.05) is 0 Å². The van der Waals surface area contributed by atoms with Crippen LogP contribution in [0.2, 0.25) is 10.0 Å². The van der Waals surface area contributed by atoms with Crippen molar-refractivity contribution < 1.29 is 25.8 Å². The van der Waals surface area contributed by atoms with Gasteiger partial charge in [0.2, 0.25) is 0 Å². The van der Waals surface area contributed by atoms with Gasteiger partial charge in [0.15, 0.2) is 0 Å². The first-order valence-electron chi connectivity index (χ1n) is 5.98. The van der Waals surface area contributed by atoms with Crippen LogP contribution in [0.15, 0.2) is 36.1 Å². The topological polar surface area (TPSA) is 43.4 Å². The van der Waals surface area contributed by atoms with Gasteiger partial charge in [0.1, 0.15) is 5.76 Å². The van der Waals surface area contributed by atoms with Gasteiger partial charge in [0.25, 0.3) is 0 Å². The maximum atomic E-state index is 12.4. The second kappa shape index (κ2) is 6.14. The fourth-order valence-electron chi connectivity index (χ4n) is 1.89. The highest BCUT2D eigenvalue weighted by atomic mass is 35.5. The van der Waals surface area contributed by atoms with Crippen LogP contribution in [0.25, 0.3) is 5.57 Å². The molecule has 1 aromatic carbocycles. The van der Waals surface area contributed by atoms with Crippen LogP contribution < -0.4 is 0 Å².